The number of hydrogen-bond acceptors (Lipinski definition) is 4. The predicted molar refractivity (Wildman–Crippen MR) is 121 cm³/mol. The normalized spacial score (nSPS) is 19.0. The highest BCUT2D eigenvalue weighted by molar-refractivity contribution is 5.80. The Labute approximate surface area is 185 Å². The molecule has 6 nitrogen and oxygen atoms in total. The lowest BCUT2D eigenvalue weighted by Gasteiger charge is -2.35. The maximum atomic E-state index is 12.1. The standard InChI is InChI=1S/C25H33N3O3/c1-19-16-28(17-20(2)31-19)18-23-10-8-22(9-11-23)15-27-24(29)12-13-26-25(30)14-21-6-4-3-5-7-21/h3-11,19-20H,12-18H2,1-2H3,(H,26,30)(H,27,29). The molecule has 1 aliphatic heterocycles. The molecule has 2 unspecified atom stereocenters. The Morgan fingerprint density at radius 2 is 1.52 bits per heavy atom. The summed E-state index contributed by atoms with van der Waals surface area (Å²) in [5.41, 5.74) is 3.29. The van der Waals surface area contributed by atoms with Crippen LogP contribution in [-0.2, 0) is 33.8 Å². The quantitative estimate of drug-likeness (QED) is 0.651. The van der Waals surface area contributed by atoms with Crippen LogP contribution in [0.3, 0.4) is 0 Å². The highest BCUT2D eigenvalue weighted by Crippen LogP contribution is 2.14. The number of nitrogens with one attached hydrogen (secondary N) is 2. The van der Waals surface area contributed by atoms with E-state index in [0.29, 0.717) is 19.5 Å². The Hall–Kier alpha value is -2.70. The average Bonchev–Trinajstić information content (AvgIpc) is 2.73. The first-order valence-corrected chi connectivity index (χ1v) is 11.0. The zero-order valence-corrected chi connectivity index (χ0v) is 18.5. The van der Waals surface area contributed by atoms with Crippen molar-refractivity contribution in [3.8, 4) is 0 Å². The minimum atomic E-state index is -0.0707. The summed E-state index contributed by atoms with van der Waals surface area (Å²) in [5, 5.41) is 5.72. The minimum absolute atomic E-state index is 0.0691. The third-order valence-corrected chi connectivity index (χ3v) is 5.30. The van der Waals surface area contributed by atoms with Gasteiger partial charge in [0.15, 0.2) is 0 Å². The van der Waals surface area contributed by atoms with Crippen LogP contribution in [0.15, 0.2) is 54.6 Å². The highest BCUT2D eigenvalue weighted by Gasteiger charge is 2.21. The van der Waals surface area contributed by atoms with Crippen LogP contribution >= 0.6 is 0 Å². The zero-order valence-electron chi connectivity index (χ0n) is 18.5. The minimum Gasteiger partial charge on any atom is -0.373 e. The van der Waals surface area contributed by atoms with Crippen molar-refractivity contribution in [2.45, 2.75) is 52.0 Å². The van der Waals surface area contributed by atoms with Gasteiger partial charge in [-0.15, -0.1) is 0 Å². The number of hydrogen-bond donors (Lipinski definition) is 2. The second kappa shape index (κ2) is 11.6. The molecule has 3 rings (SSSR count). The van der Waals surface area contributed by atoms with Gasteiger partial charge in [0.1, 0.15) is 0 Å². The summed E-state index contributed by atoms with van der Waals surface area (Å²) in [4.78, 5) is 26.4. The number of carbonyl (C=O) groups is 2. The molecule has 2 amide bonds. The molecule has 31 heavy (non-hydrogen) atoms. The fraction of sp³-hybridized carbons (Fsp3) is 0.440. The van der Waals surface area contributed by atoms with Gasteiger partial charge in [-0.25, -0.2) is 0 Å². The maximum Gasteiger partial charge on any atom is 0.224 e. The predicted octanol–water partition coefficient (Wildman–Crippen LogP) is 2.66. The summed E-state index contributed by atoms with van der Waals surface area (Å²) in [7, 11) is 0. The lowest BCUT2D eigenvalue weighted by Crippen LogP contribution is -2.44. The molecule has 0 radical (unpaired) electrons. The summed E-state index contributed by atoms with van der Waals surface area (Å²) >= 11 is 0. The Kier molecular flexibility index (Phi) is 8.62. The van der Waals surface area contributed by atoms with Crippen molar-refractivity contribution >= 4 is 11.8 Å². The first-order valence-electron chi connectivity index (χ1n) is 11.0. The molecule has 1 saturated heterocycles. The third-order valence-electron chi connectivity index (χ3n) is 5.30. The second-order valence-electron chi connectivity index (χ2n) is 8.31. The van der Waals surface area contributed by atoms with Crippen molar-refractivity contribution in [2.24, 2.45) is 0 Å². The highest BCUT2D eigenvalue weighted by atomic mass is 16.5. The van der Waals surface area contributed by atoms with Crippen LogP contribution in [0.1, 0.15) is 37.0 Å². The lowest BCUT2D eigenvalue weighted by atomic mass is 10.1. The van der Waals surface area contributed by atoms with Gasteiger partial charge in [0.25, 0.3) is 0 Å². The topological polar surface area (TPSA) is 70.7 Å². The summed E-state index contributed by atoms with van der Waals surface area (Å²) < 4.78 is 5.79. The molecular formula is C25H33N3O3. The molecule has 166 valence electrons. The number of morpholine rings is 1. The van der Waals surface area contributed by atoms with Crippen molar-refractivity contribution < 1.29 is 14.3 Å². The molecule has 2 aromatic carbocycles. The molecule has 0 saturated carbocycles. The van der Waals surface area contributed by atoms with E-state index < -0.39 is 0 Å². The van der Waals surface area contributed by atoms with Gasteiger partial charge in [-0.3, -0.25) is 14.5 Å². The van der Waals surface area contributed by atoms with E-state index in [1.54, 1.807) is 0 Å². The molecule has 1 aliphatic rings. The van der Waals surface area contributed by atoms with E-state index >= 15 is 0 Å². The SMILES string of the molecule is CC1CN(Cc2ccc(CNC(=O)CCNC(=O)Cc3ccccc3)cc2)CC(C)O1. The van der Waals surface area contributed by atoms with Crippen LogP contribution in [-0.4, -0.2) is 48.6 Å². The van der Waals surface area contributed by atoms with Crippen LogP contribution in [0.5, 0.6) is 0 Å². The number of amides is 2. The van der Waals surface area contributed by atoms with E-state index in [2.05, 4.69) is 53.6 Å². The van der Waals surface area contributed by atoms with E-state index in [1.807, 2.05) is 30.3 Å². The Morgan fingerprint density at radius 1 is 0.871 bits per heavy atom. The lowest BCUT2D eigenvalue weighted by molar-refractivity contribution is -0.122. The van der Waals surface area contributed by atoms with Gasteiger partial charge in [0.05, 0.1) is 18.6 Å². The molecule has 1 heterocycles. The van der Waals surface area contributed by atoms with Crippen molar-refractivity contribution in [1.82, 2.24) is 15.5 Å². The molecule has 0 aromatic heterocycles. The van der Waals surface area contributed by atoms with Crippen molar-refractivity contribution in [3.63, 3.8) is 0 Å². The Morgan fingerprint density at radius 3 is 2.19 bits per heavy atom. The number of benzene rings is 2. The summed E-state index contributed by atoms with van der Waals surface area (Å²) in [6.07, 6.45) is 1.13. The second-order valence-corrected chi connectivity index (χ2v) is 8.31. The van der Waals surface area contributed by atoms with Crippen LogP contribution in [0, 0.1) is 0 Å². The van der Waals surface area contributed by atoms with Crippen molar-refractivity contribution in [1.29, 1.82) is 0 Å². The molecule has 2 N–H and O–H groups in total. The van der Waals surface area contributed by atoms with Crippen LogP contribution < -0.4 is 10.6 Å². The van der Waals surface area contributed by atoms with Gasteiger partial charge >= 0.3 is 0 Å². The first kappa shape index (κ1) is 23.0. The maximum absolute atomic E-state index is 12.1. The van der Waals surface area contributed by atoms with Gasteiger partial charge in [0.2, 0.25) is 11.8 Å². The number of nitrogens with zero attached hydrogens (tertiary/aromatic N) is 1. The molecule has 0 spiro atoms. The molecule has 2 atom stereocenters. The average molecular weight is 424 g/mol. The monoisotopic (exact) mass is 423 g/mol. The van der Waals surface area contributed by atoms with Gasteiger partial charge in [-0.2, -0.15) is 0 Å². The van der Waals surface area contributed by atoms with Crippen molar-refractivity contribution in [2.75, 3.05) is 19.6 Å². The summed E-state index contributed by atoms with van der Waals surface area (Å²) in [6.45, 7) is 7.86. The van der Waals surface area contributed by atoms with Crippen LogP contribution in [0.2, 0.25) is 0 Å². The van der Waals surface area contributed by atoms with Crippen LogP contribution in [0.4, 0.5) is 0 Å². The Bertz CT molecular complexity index is 829. The molecule has 1 fully saturated rings. The number of rotatable bonds is 9. The van der Waals surface area contributed by atoms with Gasteiger partial charge in [0, 0.05) is 39.1 Å². The fourth-order valence-electron chi connectivity index (χ4n) is 3.88. The molecule has 2 aromatic rings. The Balaban J connectivity index is 1.33. The molecular weight excluding hydrogens is 390 g/mol. The summed E-state index contributed by atoms with van der Waals surface area (Å²) in [5.74, 6) is -0.140. The number of ether oxygens (including phenoxy) is 1. The van der Waals surface area contributed by atoms with Crippen LogP contribution in [0.25, 0.3) is 0 Å². The van der Waals surface area contributed by atoms with E-state index in [9.17, 15) is 9.59 Å². The fourth-order valence-corrected chi connectivity index (χ4v) is 3.88. The van der Waals surface area contributed by atoms with E-state index in [-0.39, 0.29) is 30.4 Å². The molecule has 0 bridgehead atoms. The zero-order chi connectivity index (χ0) is 22.1. The number of carbonyl (C=O) groups excluding carboxylic acids is 2. The van der Waals surface area contributed by atoms with E-state index in [4.69, 9.17) is 4.74 Å². The smallest absolute Gasteiger partial charge is 0.224 e. The van der Waals surface area contributed by atoms with Gasteiger partial charge < -0.3 is 15.4 Å². The third kappa shape index (κ3) is 8.15. The summed E-state index contributed by atoms with van der Waals surface area (Å²) in [6, 6.07) is 17.9. The van der Waals surface area contributed by atoms with Gasteiger partial charge in [-0.1, -0.05) is 54.6 Å². The largest absolute Gasteiger partial charge is 0.373 e. The van der Waals surface area contributed by atoms with E-state index in [0.717, 1.165) is 30.8 Å². The van der Waals surface area contributed by atoms with Gasteiger partial charge in [-0.05, 0) is 30.5 Å². The van der Waals surface area contributed by atoms with Crippen molar-refractivity contribution in [3.05, 3.63) is 71.3 Å². The molecule has 0 aliphatic carbocycles. The van der Waals surface area contributed by atoms with E-state index in [1.165, 1.54) is 5.56 Å². The molecule has 6 heteroatoms. The first-order chi connectivity index (χ1) is 15.0.